The molecule has 0 radical (unpaired) electrons. The summed E-state index contributed by atoms with van der Waals surface area (Å²) in [5.41, 5.74) is 1.31. The van der Waals surface area contributed by atoms with Crippen LogP contribution in [0.1, 0.15) is 70.0 Å². The summed E-state index contributed by atoms with van der Waals surface area (Å²) in [6, 6.07) is 1.95. The third kappa shape index (κ3) is 8.54. The predicted octanol–water partition coefficient (Wildman–Crippen LogP) is 2.06. The summed E-state index contributed by atoms with van der Waals surface area (Å²) in [7, 11) is 1.77. The Morgan fingerprint density at radius 2 is 1.60 bits per heavy atom. The first-order chi connectivity index (χ1) is 16.3. The standard InChI is InChI=1S/C25H37N3O7/c1-25(2,3)14-20(30)26-18(23(32)33)7-5-6-8-19(24(34)35)27-22(31)21-17-13-16(29)10-9-15(17)11-12-28(21)4/h9-10,13,18-19,21,29H,5-8,11-12,14H2,1-4H3,(H,26,30)(H,27,31)(H,32,33)(H,34,35). The molecule has 10 nitrogen and oxygen atoms in total. The summed E-state index contributed by atoms with van der Waals surface area (Å²) in [5.74, 6) is -3.10. The van der Waals surface area contributed by atoms with Crippen LogP contribution >= 0.6 is 0 Å². The second kappa shape index (κ2) is 12.0. The number of carboxylic acid groups (broad SMARTS) is 2. The molecule has 0 saturated carbocycles. The first-order valence-corrected chi connectivity index (χ1v) is 11.9. The number of nitrogens with zero attached hydrogens (tertiary/aromatic N) is 1. The van der Waals surface area contributed by atoms with Crippen molar-refractivity contribution >= 4 is 23.8 Å². The molecule has 1 aromatic rings. The molecule has 0 aromatic heterocycles. The number of benzene rings is 1. The van der Waals surface area contributed by atoms with E-state index in [2.05, 4.69) is 10.6 Å². The number of fused-ring (bicyclic) bond motifs is 1. The van der Waals surface area contributed by atoms with Crippen molar-refractivity contribution in [2.45, 2.75) is 77.4 Å². The lowest BCUT2D eigenvalue weighted by Gasteiger charge is -2.34. The number of aliphatic carboxylic acids is 2. The minimum absolute atomic E-state index is 0.0363. The van der Waals surface area contributed by atoms with Gasteiger partial charge in [0, 0.05) is 13.0 Å². The number of carbonyl (C=O) groups is 4. The van der Waals surface area contributed by atoms with Gasteiger partial charge in [-0.15, -0.1) is 0 Å². The number of hydrogen-bond acceptors (Lipinski definition) is 6. The predicted molar refractivity (Wildman–Crippen MR) is 129 cm³/mol. The second-order valence-corrected chi connectivity index (χ2v) is 10.4. The Morgan fingerprint density at radius 3 is 2.14 bits per heavy atom. The number of likely N-dealkylation sites (N-methyl/N-ethyl adjacent to an activating group) is 1. The van der Waals surface area contributed by atoms with E-state index >= 15 is 0 Å². The lowest BCUT2D eigenvalue weighted by Crippen LogP contribution is -2.48. The van der Waals surface area contributed by atoms with Crippen molar-refractivity contribution in [3.05, 3.63) is 29.3 Å². The molecule has 10 heteroatoms. The number of phenolic OH excluding ortho intramolecular Hbond substituents is 1. The zero-order chi connectivity index (χ0) is 26.3. The average molecular weight is 492 g/mol. The van der Waals surface area contributed by atoms with Crippen LogP contribution in [-0.4, -0.2) is 69.6 Å². The number of aromatic hydroxyl groups is 1. The van der Waals surface area contributed by atoms with Gasteiger partial charge in [-0.25, -0.2) is 9.59 Å². The minimum atomic E-state index is -1.18. The van der Waals surface area contributed by atoms with Crippen LogP contribution in [-0.2, 0) is 25.6 Å². The maximum Gasteiger partial charge on any atom is 0.326 e. The van der Waals surface area contributed by atoms with Gasteiger partial charge in [0.2, 0.25) is 11.8 Å². The highest BCUT2D eigenvalue weighted by molar-refractivity contribution is 5.88. The smallest absolute Gasteiger partial charge is 0.326 e. The van der Waals surface area contributed by atoms with E-state index in [1.54, 1.807) is 19.2 Å². The summed E-state index contributed by atoms with van der Waals surface area (Å²) in [4.78, 5) is 50.3. The van der Waals surface area contributed by atoms with Crippen molar-refractivity contribution in [3.8, 4) is 5.75 Å². The molecule has 35 heavy (non-hydrogen) atoms. The molecule has 1 aliphatic heterocycles. The lowest BCUT2D eigenvalue weighted by molar-refractivity contribution is -0.143. The van der Waals surface area contributed by atoms with Crippen LogP contribution in [0.5, 0.6) is 5.75 Å². The third-order valence-corrected chi connectivity index (χ3v) is 6.02. The van der Waals surface area contributed by atoms with E-state index in [9.17, 15) is 34.5 Å². The molecule has 3 unspecified atom stereocenters. The summed E-state index contributed by atoms with van der Waals surface area (Å²) < 4.78 is 0. The first kappa shape index (κ1) is 28.1. The molecule has 2 amide bonds. The fraction of sp³-hybridized carbons (Fsp3) is 0.600. The van der Waals surface area contributed by atoms with Crippen molar-refractivity contribution in [1.29, 1.82) is 0 Å². The highest BCUT2D eigenvalue weighted by atomic mass is 16.4. The van der Waals surface area contributed by atoms with E-state index in [1.165, 1.54) is 6.07 Å². The number of carboxylic acids is 2. The summed E-state index contributed by atoms with van der Waals surface area (Å²) in [5, 5.41) is 34.0. The van der Waals surface area contributed by atoms with Crippen LogP contribution in [0.3, 0.4) is 0 Å². The highest BCUT2D eigenvalue weighted by Gasteiger charge is 2.33. The monoisotopic (exact) mass is 491 g/mol. The van der Waals surface area contributed by atoms with E-state index in [1.807, 2.05) is 25.7 Å². The second-order valence-electron chi connectivity index (χ2n) is 10.4. The molecule has 0 fully saturated rings. The zero-order valence-corrected chi connectivity index (χ0v) is 20.8. The molecule has 0 aliphatic carbocycles. The molecule has 5 N–H and O–H groups in total. The molecular formula is C25H37N3O7. The maximum absolute atomic E-state index is 13.0. The van der Waals surface area contributed by atoms with E-state index in [-0.39, 0.29) is 36.3 Å². The zero-order valence-electron chi connectivity index (χ0n) is 20.8. The Kier molecular flexibility index (Phi) is 9.64. The van der Waals surface area contributed by atoms with Crippen molar-refractivity contribution in [2.24, 2.45) is 5.41 Å². The lowest BCUT2D eigenvalue weighted by atomic mass is 9.91. The fourth-order valence-electron chi connectivity index (χ4n) is 4.26. The molecule has 1 heterocycles. The molecule has 0 spiro atoms. The molecule has 1 aromatic carbocycles. The van der Waals surface area contributed by atoms with Gasteiger partial charge in [-0.1, -0.05) is 39.7 Å². The van der Waals surface area contributed by atoms with E-state index in [4.69, 9.17) is 0 Å². The quantitative estimate of drug-likeness (QED) is 0.295. The number of hydrogen-bond donors (Lipinski definition) is 5. The van der Waals surface area contributed by atoms with E-state index < -0.39 is 36.0 Å². The number of amides is 2. The van der Waals surface area contributed by atoms with Crippen LogP contribution in [0.25, 0.3) is 0 Å². The first-order valence-electron chi connectivity index (χ1n) is 11.9. The number of unbranched alkanes of at least 4 members (excludes halogenated alkanes) is 1. The van der Waals surface area contributed by atoms with Crippen molar-refractivity contribution in [1.82, 2.24) is 15.5 Å². The highest BCUT2D eigenvalue weighted by Crippen LogP contribution is 2.31. The Hall–Kier alpha value is -3.14. The summed E-state index contributed by atoms with van der Waals surface area (Å²) >= 11 is 0. The maximum atomic E-state index is 13.0. The van der Waals surface area contributed by atoms with Crippen LogP contribution in [0.15, 0.2) is 18.2 Å². The summed E-state index contributed by atoms with van der Waals surface area (Å²) in [6.45, 7) is 6.27. The van der Waals surface area contributed by atoms with E-state index in [0.717, 1.165) is 12.0 Å². The molecule has 194 valence electrons. The van der Waals surface area contributed by atoms with Gasteiger partial charge in [0.25, 0.3) is 0 Å². The van der Waals surface area contributed by atoms with Gasteiger partial charge < -0.3 is 26.0 Å². The number of rotatable bonds is 11. The molecule has 0 saturated heterocycles. The number of nitrogens with one attached hydrogen (secondary N) is 2. The van der Waals surface area contributed by atoms with Crippen molar-refractivity contribution in [2.75, 3.05) is 13.6 Å². The molecule has 3 atom stereocenters. The summed E-state index contributed by atoms with van der Waals surface area (Å²) in [6.07, 6.45) is 1.91. The Morgan fingerprint density at radius 1 is 1.03 bits per heavy atom. The van der Waals surface area contributed by atoms with Gasteiger partial charge in [0.05, 0.1) is 0 Å². The van der Waals surface area contributed by atoms with Gasteiger partial charge in [-0.05, 0) is 55.0 Å². The molecular weight excluding hydrogens is 454 g/mol. The topological polar surface area (TPSA) is 156 Å². The fourth-order valence-corrected chi connectivity index (χ4v) is 4.26. The van der Waals surface area contributed by atoms with Crippen LogP contribution in [0, 0.1) is 5.41 Å². The van der Waals surface area contributed by atoms with Gasteiger partial charge in [-0.3, -0.25) is 14.5 Å². The van der Waals surface area contributed by atoms with Crippen molar-refractivity contribution in [3.63, 3.8) is 0 Å². The van der Waals surface area contributed by atoms with Gasteiger partial charge >= 0.3 is 11.9 Å². The van der Waals surface area contributed by atoms with E-state index in [0.29, 0.717) is 24.9 Å². The third-order valence-electron chi connectivity index (χ3n) is 6.02. The van der Waals surface area contributed by atoms with Gasteiger partial charge in [-0.2, -0.15) is 0 Å². The number of carbonyl (C=O) groups excluding carboxylic acids is 2. The van der Waals surface area contributed by atoms with Crippen LogP contribution in [0.4, 0.5) is 0 Å². The number of phenols is 1. The minimum Gasteiger partial charge on any atom is -0.508 e. The van der Waals surface area contributed by atoms with Crippen LogP contribution < -0.4 is 10.6 Å². The molecule has 0 bridgehead atoms. The van der Waals surface area contributed by atoms with Crippen LogP contribution in [0.2, 0.25) is 0 Å². The Balaban J connectivity index is 1.94. The average Bonchev–Trinajstić information content (AvgIpc) is 2.72. The SMILES string of the molecule is CN1CCc2ccc(O)cc2C1C(=O)NC(CCCCC(NC(=O)CC(C)(C)C)C(=O)O)C(=O)O. The molecule has 1 aliphatic rings. The normalized spacial score (nSPS) is 17.7. The Labute approximate surface area is 205 Å². The Bertz CT molecular complexity index is 941. The van der Waals surface area contributed by atoms with Gasteiger partial charge in [0.1, 0.15) is 23.9 Å². The van der Waals surface area contributed by atoms with Gasteiger partial charge in [0.15, 0.2) is 0 Å². The largest absolute Gasteiger partial charge is 0.508 e. The van der Waals surface area contributed by atoms with Crippen molar-refractivity contribution < 1.29 is 34.5 Å². The molecule has 2 rings (SSSR count).